The molecule has 27 heavy (non-hydrogen) atoms. The van der Waals surface area contributed by atoms with Crippen LogP contribution in [0.15, 0.2) is 46.9 Å². The number of benzene rings is 1. The lowest BCUT2D eigenvalue weighted by atomic mass is 10.1. The Morgan fingerprint density at radius 2 is 2.07 bits per heavy atom. The molecule has 2 heterocycles. The number of nitrogens with one attached hydrogen (secondary N) is 1. The van der Waals surface area contributed by atoms with E-state index >= 15 is 0 Å². The highest BCUT2D eigenvalue weighted by Gasteiger charge is 2.15. The van der Waals surface area contributed by atoms with Crippen LogP contribution in [-0.4, -0.2) is 40.1 Å². The van der Waals surface area contributed by atoms with Crippen molar-refractivity contribution in [1.82, 2.24) is 20.1 Å². The molecule has 0 saturated carbocycles. The summed E-state index contributed by atoms with van der Waals surface area (Å²) < 4.78 is 7.19. The number of methoxy groups -OCH3 is 1. The number of thioether (sulfide) groups is 1. The number of hydrogen-bond acceptors (Lipinski definition) is 6. The molecule has 0 fully saturated rings. The van der Waals surface area contributed by atoms with Crippen LogP contribution in [0.4, 0.5) is 0 Å². The molecule has 0 aliphatic heterocycles. The highest BCUT2D eigenvalue weighted by molar-refractivity contribution is 7.99. The van der Waals surface area contributed by atoms with Crippen LogP contribution < -0.4 is 10.1 Å². The van der Waals surface area contributed by atoms with Gasteiger partial charge in [-0.15, -0.1) is 21.5 Å². The van der Waals surface area contributed by atoms with Gasteiger partial charge in [-0.05, 0) is 42.5 Å². The number of rotatable bonds is 9. The summed E-state index contributed by atoms with van der Waals surface area (Å²) >= 11 is 3.05. The maximum atomic E-state index is 12.1. The van der Waals surface area contributed by atoms with Crippen LogP contribution in [0, 0.1) is 0 Å². The molecule has 142 valence electrons. The fraction of sp³-hybridized carbons (Fsp3) is 0.316. The molecule has 0 bridgehead atoms. The van der Waals surface area contributed by atoms with Gasteiger partial charge >= 0.3 is 0 Å². The van der Waals surface area contributed by atoms with Gasteiger partial charge in [0, 0.05) is 13.1 Å². The van der Waals surface area contributed by atoms with Crippen LogP contribution in [0.1, 0.15) is 12.5 Å². The lowest BCUT2D eigenvalue weighted by Gasteiger charge is -2.07. The molecule has 0 radical (unpaired) electrons. The molecule has 1 amide bonds. The summed E-state index contributed by atoms with van der Waals surface area (Å²) in [5.74, 6) is 2.01. The summed E-state index contributed by atoms with van der Waals surface area (Å²) in [4.78, 5) is 13.2. The van der Waals surface area contributed by atoms with Crippen molar-refractivity contribution in [3.8, 4) is 16.5 Å². The molecule has 0 spiro atoms. The standard InChI is InChI=1S/C19H22N4O2S2/c1-3-23-18(16-5-4-12-26-16)21-22-19(23)27-13-17(24)20-11-10-14-6-8-15(25-2)9-7-14/h4-9,12H,3,10-11,13H2,1-2H3,(H,20,24). The summed E-state index contributed by atoms with van der Waals surface area (Å²) in [5.41, 5.74) is 1.16. The fourth-order valence-corrected chi connectivity index (χ4v) is 4.14. The first-order chi connectivity index (χ1) is 13.2. The maximum absolute atomic E-state index is 12.1. The molecule has 1 N–H and O–H groups in total. The van der Waals surface area contributed by atoms with Crippen molar-refractivity contribution in [2.45, 2.75) is 25.0 Å². The van der Waals surface area contributed by atoms with Gasteiger partial charge in [-0.25, -0.2) is 0 Å². The van der Waals surface area contributed by atoms with Gasteiger partial charge in [0.05, 0.1) is 17.7 Å². The second-order valence-electron chi connectivity index (χ2n) is 5.76. The average molecular weight is 403 g/mol. The van der Waals surface area contributed by atoms with Crippen LogP contribution in [0.5, 0.6) is 5.75 Å². The highest BCUT2D eigenvalue weighted by Crippen LogP contribution is 2.27. The van der Waals surface area contributed by atoms with Gasteiger partial charge in [0.1, 0.15) is 5.75 Å². The Balaban J connectivity index is 1.47. The SMILES string of the molecule is CCn1c(SCC(=O)NCCc2ccc(OC)cc2)nnc1-c1cccs1. The number of amides is 1. The normalized spacial score (nSPS) is 10.7. The molecule has 0 aliphatic carbocycles. The summed E-state index contributed by atoms with van der Waals surface area (Å²) in [6.07, 6.45) is 0.786. The van der Waals surface area contributed by atoms with E-state index in [0.29, 0.717) is 12.3 Å². The monoisotopic (exact) mass is 402 g/mol. The summed E-state index contributed by atoms with van der Waals surface area (Å²) in [5, 5.41) is 14.3. The molecule has 0 unspecified atom stereocenters. The molecule has 0 aliphatic rings. The number of carbonyl (C=O) groups is 1. The lowest BCUT2D eigenvalue weighted by Crippen LogP contribution is -2.27. The smallest absolute Gasteiger partial charge is 0.230 e. The van der Waals surface area contributed by atoms with Crippen molar-refractivity contribution in [2.24, 2.45) is 0 Å². The number of carbonyl (C=O) groups excluding carboxylic acids is 1. The zero-order chi connectivity index (χ0) is 19.1. The molecule has 3 aromatic rings. The minimum absolute atomic E-state index is 0.00293. The second-order valence-corrected chi connectivity index (χ2v) is 7.65. The highest BCUT2D eigenvalue weighted by atomic mass is 32.2. The topological polar surface area (TPSA) is 69.0 Å². The predicted octanol–water partition coefficient (Wildman–Crippen LogP) is 3.49. The Labute approximate surface area is 167 Å². The first kappa shape index (κ1) is 19.4. The van der Waals surface area contributed by atoms with Crippen molar-refractivity contribution in [2.75, 3.05) is 19.4 Å². The van der Waals surface area contributed by atoms with Crippen LogP contribution in [0.25, 0.3) is 10.7 Å². The van der Waals surface area contributed by atoms with Gasteiger partial charge < -0.3 is 14.6 Å². The molecule has 0 atom stereocenters. The summed E-state index contributed by atoms with van der Waals surface area (Å²) in [7, 11) is 1.65. The van der Waals surface area contributed by atoms with Crippen LogP contribution in [0.3, 0.4) is 0 Å². The number of thiophene rings is 1. The Hall–Kier alpha value is -2.32. The van der Waals surface area contributed by atoms with Gasteiger partial charge in [-0.1, -0.05) is 30.0 Å². The zero-order valence-electron chi connectivity index (χ0n) is 15.3. The van der Waals surface area contributed by atoms with E-state index in [4.69, 9.17) is 4.74 Å². The Morgan fingerprint density at radius 3 is 2.74 bits per heavy atom. The molecule has 3 rings (SSSR count). The number of aromatic nitrogens is 3. The minimum atomic E-state index is -0.00293. The number of nitrogens with zero attached hydrogens (tertiary/aromatic N) is 3. The maximum Gasteiger partial charge on any atom is 0.230 e. The number of ether oxygens (including phenoxy) is 1. The third-order valence-electron chi connectivity index (χ3n) is 4.00. The van der Waals surface area contributed by atoms with Crippen molar-refractivity contribution in [3.63, 3.8) is 0 Å². The van der Waals surface area contributed by atoms with Crippen LogP contribution >= 0.6 is 23.1 Å². The average Bonchev–Trinajstić information content (AvgIpc) is 3.36. The van der Waals surface area contributed by atoms with Crippen molar-refractivity contribution >= 4 is 29.0 Å². The van der Waals surface area contributed by atoms with Gasteiger partial charge in [0.15, 0.2) is 11.0 Å². The minimum Gasteiger partial charge on any atom is -0.497 e. The lowest BCUT2D eigenvalue weighted by molar-refractivity contribution is -0.118. The van der Waals surface area contributed by atoms with E-state index < -0.39 is 0 Å². The molecule has 6 nitrogen and oxygen atoms in total. The first-order valence-electron chi connectivity index (χ1n) is 8.70. The van der Waals surface area contributed by atoms with Gasteiger partial charge in [0.25, 0.3) is 0 Å². The van der Waals surface area contributed by atoms with Crippen LogP contribution in [0.2, 0.25) is 0 Å². The molecular weight excluding hydrogens is 380 g/mol. The molecule has 0 saturated heterocycles. The Bertz CT molecular complexity index is 860. The van der Waals surface area contributed by atoms with Crippen LogP contribution in [-0.2, 0) is 17.8 Å². The third-order valence-corrected chi connectivity index (χ3v) is 5.83. The fourth-order valence-electron chi connectivity index (χ4n) is 2.59. The van der Waals surface area contributed by atoms with E-state index in [1.54, 1.807) is 18.4 Å². The molecule has 8 heteroatoms. The van der Waals surface area contributed by atoms with Crippen molar-refractivity contribution in [1.29, 1.82) is 0 Å². The van der Waals surface area contributed by atoms with E-state index in [9.17, 15) is 4.79 Å². The number of hydrogen-bond donors (Lipinski definition) is 1. The Morgan fingerprint density at radius 1 is 1.26 bits per heavy atom. The molecular formula is C19H22N4O2S2. The van der Waals surface area contributed by atoms with Gasteiger partial charge in [-0.2, -0.15) is 0 Å². The zero-order valence-corrected chi connectivity index (χ0v) is 17.0. The van der Waals surface area contributed by atoms with E-state index in [1.807, 2.05) is 46.3 Å². The summed E-state index contributed by atoms with van der Waals surface area (Å²) in [6.45, 7) is 3.42. The van der Waals surface area contributed by atoms with E-state index in [0.717, 1.165) is 40.1 Å². The van der Waals surface area contributed by atoms with E-state index in [2.05, 4.69) is 22.4 Å². The van der Waals surface area contributed by atoms with E-state index in [1.165, 1.54) is 11.8 Å². The van der Waals surface area contributed by atoms with Crippen molar-refractivity contribution in [3.05, 3.63) is 47.3 Å². The quantitative estimate of drug-likeness (QED) is 0.555. The second kappa shape index (κ2) is 9.57. The van der Waals surface area contributed by atoms with Gasteiger partial charge in [-0.3, -0.25) is 4.79 Å². The largest absolute Gasteiger partial charge is 0.497 e. The third kappa shape index (κ3) is 5.11. The predicted molar refractivity (Wildman–Crippen MR) is 109 cm³/mol. The molecule has 1 aromatic carbocycles. The summed E-state index contributed by atoms with van der Waals surface area (Å²) in [6, 6.07) is 11.9. The van der Waals surface area contributed by atoms with E-state index in [-0.39, 0.29) is 5.91 Å². The molecule has 2 aromatic heterocycles. The van der Waals surface area contributed by atoms with Gasteiger partial charge in [0.2, 0.25) is 5.91 Å². The Kier molecular flexibility index (Phi) is 6.89. The van der Waals surface area contributed by atoms with Crippen molar-refractivity contribution < 1.29 is 9.53 Å². The first-order valence-corrected chi connectivity index (χ1v) is 10.6.